The van der Waals surface area contributed by atoms with E-state index in [9.17, 15) is 23.2 Å². The second-order valence-corrected chi connectivity index (χ2v) is 5.07. The lowest BCUT2D eigenvalue weighted by Crippen LogP contribution is -2.32. The molecule has 1 aromatic heterocycles. The molecule has 3 rings (SSSR count). The summed E-state index contributed by atoms with van der Waals surface area (Å²) in [6.07, 6.45) is -1.55. The quantitative estimate of drug-likeness (QED) is 0.796. The van der Waals surface area contributed by atoms with Gasteiger partial charge in [-0.2, -0.15) is 5.10 Å². The molecule has 0 N–H and O–H groups in total. The van der Waals surface area contributed by atoms with Crippen molar-refractivity contribution in [2.75, 3.05) is 0 Å². The number of aromatic nitrogens is 2. The van der Waals surface area contributed by atoms with Crippen molar-refractivity contribution in [2.45, 2.75) is 19.9 Å². The number of imide groups is 1. The molecule has 2 amide bonds. The van der Waals surface area contributed by atoms with Gasteiger partial charge in [-0.3, -0.25) is 14.3 Å². The first-order chi connectivity index (χ1) is 11.4. The maximum absolute atomic E-state index is 12.4. The number of halogens is 2. The summed E-state index contributed by atoms with van der Waals surface area (Å²) in [5.41, 5.74) is 0.297. The highest BCUT2D eigenvalue weighted by molar-refractivity contribution is 6.21. The topological polar surface area (TPSA) is 81.5 Å². The first kappa shape index (κ1) is 15.8. The molecule has 9 heteroatoms. The Morgan fingerprint density at radius 2 is 1.79 bits per heavy atom. The SMILES string of the molecule is Cc1nn(CC(F)F)cc1C(=O)ON1C(=O)c2ccccc2C1=O. The van der Waals surface area contributed by atoms with Crippen LogP contribution in [-0.4, -0.2) is 39.1 Å². The molecule has 0 atom stereocenters. The van der Waals surface area contributed by atoms with Crippen LogP contribution in [0.2, 0.25) is 0 Å². The summed E-state index contributed by atoms with van der Waals surface area (Å²) in [5.74, 6) is -2.55. The van der Waals surface area contributed by atoms with Crippen LogP contribution < -0.4 is 0 Å². The summed E-state index contributed by atoms with van der Waals surface area (Å²) in [6.45, 7) is 0.752. The van der Waals surface area contributed by atoms with Gasteiger partial charge in [-0.25, -0.2) is 13.6 Å². The third kappa shape index (κ3) is 2.64. The summed E-state index contributed by atoms with van der Waals surface area (Å²) in [6, 6.07) is 6.03. The van der Waals surface area contributed by atoms with Crippen molar-refractivity contribution in [1.29, 1.82) is 0 Å². The molecule has 1 aliphatic rings. The smallest absolute Gasteiger partial charge is 0.324 e. The van der Waals surface area contributed by atoms with E-state index in [-0.39, 0.29) is 22.4 Å². The third-order valence-electron chi connectivity index (χ3n) is 3.42. The largest absolute Gasteiger partial charge is 0.367 e. The van der Waals surface area contributed by atoms with E-state index in [2.05, 4.69) is 5.10 Å². The van der Waals surface area contributed by atoms with Gasteiger partial charge in [0, 0.05) is 6.20 Å². The van der Waals surface area contributed by atoms with Crippen molar-refractivity contribution in [2.24, 2.45) is 0 Å². The normalized spacial score (nSPS) is 13.6. The van der Waals surface area contributed by atoms with E-state index in [1.807, 2.05) is 0 Å². The average molecular weight is 335 g/mol. The van der Waals surface area contributed by atoms with E-state index >= 15 is 0 Å². The van der Waals surface area contributed by atoms with Gasteiger partial charge in [0.15, 0.2) is 0 Å². The molecule has 1 aromatic carbocycles. The zero-order chi connectivity index (χ0) is 17.4. The summed E-state index contributed by atoms with van der Waals surface area (Å²) in [5, 5.41) is 4.13. The Balaban J connectivity index is 1.80. The minimum absolute atomic E-state index is 0.104. The van der Waals surface area contributed by atoms with Gasteiger partial charge in [0.1, 0.15) is 12.1 Å². The molecular formula is C15H11F2N3O4. The number of nitrogens with zero attached hydrogens (tertiary/aromatic N) is 3. The highest BCUT2D eigenvalue weighted by Gasteiger charge is 2.39. The van der Waals surface area contributed by atoms with Gasteiger partial charge >= 0.3 is 5.97 Å². The van der Waals surface area contributed by atoms with Gasteiger partial charge in [-0.15, -0.1) is 0 Å². The fourth-order valence-corrected chi connectivity index (χ4v) is 2.34. The minimum Gasteiger partial charge on any atom is -0.324 e. The highest BCUT2D eigenvalue weighted by Crippen LogP contribution is 2.23. The molecule has 124 valence electrons. The number of hydrogen-bond donors (Lipinski definition) is 0. The third-order valence-corrected chi connectivity index (χ3v) is 3.42. The Morgan fingerprint density at radius 3 is 2.33 bits per heavy atom. The maximum atomic E-state index is 12.4. The van der Waals surface area contributed by atoms with E-state index in [1.165, 1.54) is 19.1 Å². The molecule has 0 unspecified atom stereocenters. The molecule has 0 fully saturated rings. The summed E-state index contributed by atoms with van der Waals surface area (Å²) < 4.78 is 25.6. The van der Waals surface area contributed by atoms with Crippen LogP contribution in [-0.2, 0) is 11.4 Å². The molecule has 7 nitrogen and oxygen atoms in total. The molecule has 0 radical (unpaired) electrons. The lowest BCUT2D eigenvalue weighted by Gasteiger charge is -2.12. The Labute approximate surface area is 134 Å². The number of aryl methyl sites for hydroxylation is 1. The standard InChI is InChI=1S/C15H11F2N3O4/c1-8-11(6-19(18-8)7-12(16)17)15(23)24-20-13(21)9-4-2-3-5-10(9)14(20)22/h2-6,12H,7H2,1H3. The van der Waals surface area contributed by atoms with Gasteiger partial charge in [0.05, 0.1) is 16.8 Å². The number of amides is 2. The fourth-order valence-electron chi connectivity index (χ4n) is 2.34. The predicted molar refractivity (Wildman–Crippen MR) is 75.3 cm³/mol. The van der Waals surface area contributed by atoms with Crippen molar-refractivity contribution < 1.29 is 28.0 Å². The van der Waals surface area contributed by atoms with Crippen molar-refractivity contribution in [3.05, 3.63) is 52.8 Å². The first-order valence-corrected chi connectivity index (χ1v) is 6.91. The highest BCUT2D eigenvalue weighted by atomic mass is 19.3. The molecule has 0 saturated heterocycles. The van der Waals surface area contributed by atoms with E-state index in [0.29, 0.717) is 5.06 Å². The number of fused-ring (bicyclic) bond motifs is 1. The van der Waals surface area contributed by atoms with E-state index < -0.39 is 30.8 Å². The van der Waals surface area contributed by atoms with Crippen molar-refractivity contribution in [3.63, 3.8) is 0 Å². The van der Waals surface area contributed by atoms with Crippen LogP contribution in [0, 0.1) is 6.92 Å². The van der Waals surface area contributed by atoms with Gasteiger partial charge in [0.2, 0.25) is 0 Å². The molecule has 0 spiro atoms. The minimum atomic E-state index is -2.63. The second-order valence-electron chi connectivity index (χ2n) is 5.07. The van der Waals surface area contributed by atoms with Crippen LogP contribution in [0.3, 0.4) is 0 Å². The number of alkyl halides is 2. The zero-order valence-electron chi connectivity index (χ0n) is 12.4. The van der Waals surface area contributed by atoms with Gasteiger partial charge in [-0.05, 0) is 19.1 Å². The lowest BCUT2D eigenvalue weighted by atomic mass is 10.1. The van der Waals surface area contributed by atoms with Gasteiger partial charge in [-0.1, -0.05) is 17.2 Å². The monoisotopic (exact) mass is 335 g/mol. The Bertz CT molecular complexity index is 812. The molecular weight excluding hydrogens is 324 g/mol. The van der Waals surface area contributed by atoms with E-state index in [1.54, 1.807) is 12.1 Å². The van der Waals surface area contributed by atoms with Crippen LogP contribution >= 0.6 is 0 Å². The Morgan fingerprint density at radius 1 is 1.21 bits per heavy atom. The number of hydrogen-bond acceptors (Lipinski definition) is 5. The Hall–Kier alpha value is -3.10. The summed E-state index contributed by atoms with van der Waals surface area (Å²) in [7, 11) is 0. The van der Waals surface area contributed by atoms with Crippen LogP contribution in [0.5, 0.6) is 0 Å². The number of hydroxylamine groups is 2. The molecule has 1 aliphatic heterocycles. The van der Waals surface area contributed by atoms with Crippen molar-refractivity contribution >= 4 is 17.8 Å². The molecule has 24 heavy (non-hydrogen) atoms. The molecule has 0 saturated carbocycles. The second kappa shape index (κ2) is 5.84. The van der Waals surface area contributed by atoms with Crippen LogP contribution in [0.15, 0.2) is 30.5 Å². The molecule has 2 aromatic rings. The fraction of sp³-hybridized carbons (Fsp3) is 0.200. The Kier molecular flexibility index (Phi) is 3.84. The molecule has 0 bridgehead atoms. The van der Waals surface area contributed by atoms with Crippen LogP contribution in [0.4, 0.5) is 8.78 Å². The number of carbonyl (C=O) groups is 3. The number of rotatable bonds is 4. The average Bonchev–Trinajstić information content (AvgIpc) is 3.00. The predicted octanol–water partition coefficient (Wildman–Crippen LogP) is 1.82. The van der Waals surface area contributed by atoms with Gasteiger partial charge in [0.25, 0.3) is 18.2 Å². The van der Waals surface area contributed by atoms with Crippen molar-refractivity contribution in [3.8, 4) is 0 Å². The summed E-state index contributed by atoms with van der Waals surface area (Å²) in [4.78, 5) is 41.2. The van der Waals surface area contributed by atoms with Gasteiger partial charge < -0.3 is 4.84 Å². The van der Waals surface area contributed by atoms with Crippen LogP contribution in [0.1, 0.15) is 36.8 Å². The molecule has 0 aliphatic carbocycles. The molecule has 2 heterocycles. The first-order valence-electron chi connectivity index (χ1n) is 6.91. The zero-order valence-corrected chi connectivity index (χ0v) is 12.4. The maximum Gasteiger partial charge on any atom is 0.367 e. The number of benzene rings is 1. The number of carbonyl (C=O) groups excluding carboxylic acids is 3. The van der Waals surface area contributed by atoms with E-state index in [4.69, 9.17) is 4.84 Å². The lowest BCUT2D eigenvalue weighted by molar-refractivity contribution is -0.0585. The van der Waals surface area contributed by atoms with E-state index in [0.717, 1.165) is 10.9 Å². The van der Waals surface area contributed by atoms with Crippen LogP contribution in [0.25, 0.3) is 0 Å². The van der Waals surface area contributed by atoms with Crippen molar-refractivity contribution in [1.82, 2.24) is 14.8 Å². The summed E-state index contributed by atoms with van der Waals surface area (Å²) >= 11 is 0.